The highest BCUT2D eigenvalue weighted by Crippen LogP contribution is 2.32. The molecule has 6 heteroatoms. The third-order valence-electron chi connectivity index (χ3n) is 2.24. The molecule has 0 radical (unpaired) electrons. The van der Waals surface area contributed by atoms with Gasteiger partial charge in [-0.25, -0.2) is 4.98 Å². The number of halogens is 4. The Balaban J connectivity index is 3.18. The van der Waals surface area contributed by atoms with Crippen molar-refractivity contribution in [3.05, 3.63) is 22.8 Å². The molecular weight excluding hydrogens is 241 g/mol. The largest absolute Gasteiger partial charge is 0.416 e. The van der Waals surface area contributed by atoms with Crippen LogP contribution in [0.2, 0.25) is 5.15 Å². The lowest BCUT2D eigenvalue weighted by Crippen LogP contribution is -2.27. The van der Waals surface area contributed by atoms with E-state index < -0.39 is 11.7 Å². The molecule has 0 aliphatic carbocycles. The van der Waals surface area contributed by atoms with Crippen LogP contribution >= 0.6 is 11.6 Å². The van der Waals surface area contributed by atoms with Crippen molar-refractivity contribution in [1.82, 2.24) is 4.98 Å². The molecule has 1 aromatic heterocycles. The van der Waals surface area contributed by atoms with E-state index >= 15 is 0 Å². The third-order valence-corrected chi connectivity index (χ3v) is 2.44. The van der Waals surface area contributed by atoms with Gasteiger partial charge in [-0.3, -0.25) is 0 Å². The van der Waals surface area contributed by atoms with E-state index in [0.29, 0.717) is 0 Å². The van der Waals surface area contributed by atoms with Crippen LogP contribution in [0, 0.1) is 0 Å². The maximum absolute atomic E-state index is 12.5. The van der Waals surface area contributed by atoms with Gasteiger partial charge in [0, 0.05) is 13.1 Å². The van der Waals surface area contributed by atoms with Gasteiger partial charge in [-0.15, -0.1) is 0 Å². The van der Waals surface area contributed by atoms with E-state index in [2.05, 4.69) is 4.98 Å². The topological polar surface area (TPSA) is 16.1 Å². The number of hydrogen-bond acceptors (Lipinski definition) is 2. The van der Waals surface area contributed by atoms with E-state index in [1.54, 1.807) is 11.9 Å². The lowest BCUT2D eigenvalue weighted by atomic mass is 10.2. The molecule has 0 aromatic carbocycles. The van der Waals surface area contributed by atoms with Crippen LogP contribution in [-0.2, 0) is 6.18 Å². The number of alkyl halides is 3. The summed E-state index contributed by atoms with van der Waals surface area (Å²) in [5, 5.41) is -0.155. The van der Waals surface area contributed by atoms with Crippen molar-refractivity contribution in [2.24, 2.45) is 0 Å². The van der Waals surface area contributed by atoms with Crippen LogP contribution in [0.3, 0.4) is 0 Å². The first kappa shape index (κ1) is 13.1. The predicted molar refractivity (Wildman–Crippen MR) is 57.8 cm³/mol. The van der Waals surface area contributed by atoms with E-state index in [0.717, 1.165) is 12.1 Å². The normalized spacial score (nSPS) is 12.0. The molecule has 0 aliphatic heterocycles. The molecule has 0 atom stereocenters. The van der Waals surface area contributed by atoms with Crippen molar-refractivity contribution >= 4 is 17.4 Å². The van der Waals surface area contributed by atoms with Gasteiger partial charge in [0.05, 0.1) is 5.56 Å². The summed E-state index contributed by atoms with van der Waals surface area (Å²) in [6, 6.07) is 1.86. The van der Waals surface area contributed by atoms with Crippen LogP contribution in [0.1, 0.15) is 19.4 Å². The molecule has 90 valence electrons. The summed E-state index contributed by atoms with van der Waals surface area (Å²) in [5.74, 6) is 0.217. The van der Waals surface area contributed by atoms with Gasteiger partial charge < -0.3 is 4.90 Å². The minimum Gasteiger partial charge on any atom is -0.357 e. The summed E-state index contributed by atoms with van der Waals surface area (Å²) in [6.07, 6.45) is -4.40. The number of anilines is 1. The van der Waals surface area contributed by atoms with Crippen LogP contribution in [0.5, 0.6) is 0 Å². The van der Waals surface area contributed by atoms with Crippen LogP contribution in [0.15, 0.2) is 12.1 Å². The third kappa shape index (κ3) is 3.01. The highest BCUT2D eigenvalue weighted by atomic mass is 35.5. The van der Waals surface area contributed by atoms with Crippen LogP contribution in [0.4, 0.5) is 19.0 Å². The zero-order chi connectivity index (χ0) is 12.5. The molecule has 16 heavy (non-hydrogen) atoms. The molecule has 0 bridgehead atoms. The molecule has 1 heterocycles. The van der Waals surface area contributed by atoms with Gasteiger partial charge in [-0.05, 0) is 26.0 Å². The Morgan fingerprint density at radius 1 is 1.31 bits per heavy atom. The first-order valence-electron chi connectivity index (χ1n) is 4.69. The molecule has 1 aromatic rings. The highest BCUT2D eigenvalue weighted by molar-refractivity contribution is 6.29. The van der Waals surface area contributed by atoms with Crippen molar-refractivity contribution in [2.75, 3.05) is 11.9 Å². The Morgan fingerprint density at radius 2 is 1.88 bits per heavy atom. The zero-order valence-electron chi connectivity index (χ0n) is 9.14. The molecular formula is C10H12ClF3N2. The SMILES string of the molecule is CC(C)N(C)c1cc(C(F)(F)F)cc(Cl)n1. The number of pyridine rings is 1. The van der Waals surface area contributed by atoms with Crippen molar-refractivity contribution in [1.29, 1.82) is 0 Å². The Kier molecular flexibility index (Phi) is 3.68. The number of aromatic nitrogens is 1. The van der Waals surface area contributed by atoms with Crippen LogP contribution < -0.4 is 4.90 Å². The van der Waals surface area contributed by atoms with Gasteiger partial charge >= 0.3 is 6.18 Å². The molecule has 0 spiro atoms. The fourth-order valence-corrected chi connectivity index (χ4v) is 1.30. The summed E-state index contributed by atoms with van der Waals surface area (Å²) >= 11 is 5.57. The van der Waals surface area contributed by atoms with Gasteiger partial charge in [-0.2, -0.15) is 13.2 Å². The lowest BCUT2D eigenvalue weighted by Gasteiger charge is -2.23. The molecule has 2 nitrogen and oxygen atoms in total. The minimum atomic E-state index is -4.40. The summed E-state index contributed by atoms with van der Waals surface area (Å²) < 4.78 is 37.5. The van der Waals surface area contributed by atoms with Gasteiger partial charge in [-0.1, -0.05) is 11.6 Å². The van der Waals surface area contributed by atoms with Gasteiger partial charge in [0.25, 0.3) is 0 Å². The molecule has 0 fully saturated rings. The zero-order valence-corrected chi connectivity index (χ0v) is 9.89. The van der Waals surface area contributed by atoms with Crippen molar-refractivity contribution in [3.63, 3.8) is 0 Å². The standard InChI is InChI=1S/C10H12ClF3N2/c1-6(2)16(3)9-5-7(10(12,13)14)4-8(11)15-9/h4-6H,1-3H3. The summed E-state index contributed by atoms with van der Waals surface area (Å²) in [7, 11) is 1.67. The second kappa shape index (κ2) is 4.49. The summed E-state index contributed by atoms with van der Waals surface area (Å²) in [4.78, 5) is 5.49. The molecule has 0 saturated heterocycles. The Morgan fingerprint density at radius 3 is 2.31 bits per heavy atom. The Bertz CT molecular complexity index is 377. The monoisotopic (exact) mass is 252 g/mol. The maximum atomic E-state index is 12.5. The van der Waals surface area contributed by atoms with E-state index in [-0.39, 0.29) is 17.0 Å². The van der Waals surface area contributed by atoms with Crippen molar-refractivity contribution in [2.45, 2.75) is 26.1 Å². The van der Waals surface area contributed by atoms with Crippen molar-refractivity contribution in [3.8, 4) is 0 Å². The molecule has 0 amide bonds. The lowest BCUT2D eigenvalue weighted by molar-refractivity contribution is -0.137. The first-order chi connectivity index (χ1) is 7.21. The predicted octanol–water partition coefficient (Wildman–Crippen LogP) is 3.60. The second-order valence-corrected chi connectivity index (χ2v) is 4.13. The Labute approximate surface area is 97.0 Å². The quantitative estimate of drug-likeness (QED) is 0.748. The highest BCUT2D eigenvalue weighted by Gasteiger charge is 2.32. The van der Waals surface area contributed by atoms with Crippen LogP contribution in [-0.4, -0.2) is 18.1 Å². The average Bonchev–Trinajstić information content (AvgIpc) is 2.14. The minimum absolute atomic E-state index is 0.0482. The van der Waals surface area contributed by atoms with E-state index in [4.69, 9.17) is 11.6 Å². The number of hydrogen-bond donors (Lipinski definition) is 0. The van der Waals surface area contributed by atoms with E-state index in [1.807, 2.05) is 13.8 Å². The van der Waals surface area contributed by atoms with Crippen molar-refractivity contribution < 1.29 is 13.2 Å². The van der Waals surface area contributed by atoms with Gasteiger partial charge in [0.2, 0.25) is 0 Å². The molecule has 0 unspecified atom stereocenters. The first-order valence-corrected chi connectivity index (χ1v) is 5.07. The maximum Gasteiger partial charge on any atom is 0.416 e. The number of rotatable bonds is 2. The van der Waals surface area contributed by atoms with Gasteiger partial charge in [0.1, 0.15) is 11.0 Å². The number of nitrogens with zero attached hydrogens (tertiary/aromatic N) is 2. The summed E-state index contributed by atoms with van der Waals surface area (Å²) in [6.45, 7) is 3.71. The second-order valence-electron chi connectivity index (χ2n) is 3.74. The molecule has 0 aliphatic rings. The van der Waals surface area contributed by atoms with E-state index in [1.165, 1.54) is 0 Å². The smallest absolute Gasteiger partial charge is 0.357 e. The Hall–Kier alpha value is -0.970. The van der Waals surface area contributed by atoms with Crippen LogP contribution in [0.25, 0.3) is 0 Å². The van der Waals surface area contributed by atoms with Gasteiger partial charge in [0.15, 0.2) is 0 Å². The fourth-order valence-electron chi connectivity index (χ4n) is 1.09. The average molecular weight is 253 g/mol. The fraction of sp³-hybridized carbons (Fsp3) is 0.500. The summed E-state index contributed by atoms with van der Waals surface area (Å²) in [5.41, 5.74) is -0.782. The molecule has 0 N–H and O–H groups in total. The molecule has 0 saturated carbocycles. The molecule has 1 rings (SSSR count). The van der Waals surface area contributed by atoms with E-state index in [9.17, 15) is 13.2 Å².